The Labute approximate surface area is 114 Å². The molecule has 2 rings (SSSR count). The number of aromatic nitrogens is 2. The number of ether oxygens (including phenoxy) is 1. The van der Waals surface area contributed by atoms with Crippen LogP contribution < -0.4 is 5.73 Å². The maximum Gasteiger partial charge on any atom is 0.230 e. The molecule has 0 bridgehead atoms. The van der Waals surface area contributed by atoms with Crippen LogP contribution in [0, 0.1) is 11.3 Å². The van der Waals surface area contributed by atoms with E-state index in [1.54, 1.807) is 7.11 Å². The molecule has 1 aromatic rings. The fraction of sp³-hybridized carbons (Fsp3) is 0.857. The minimum absolute atomic E-state index is 0.0860. The van der Waals surface area contributed by atoms with Crippen molar-refractivity contribution in [2.75, 3.05) is 13.7 Å². The summed E-state index contributed by atoms with van der Waals surface area (Å²) < 4.78 is 10.5. The second-order valence-corrected chi connectivity index (χ2v) is 6.20. The fourth-order valence-corrected chi connectivity index (χ4v) is 3.00. The van der Waals surface area contributed by atoms with Crippen LogP contribution in [0.3, 0.4) is 0 Å². The third-order valence-electron chi connectivity index (χ3n) is 4.81. The van der Waals surface area contributed by atoms with Crippen LogP contribution in [0.2, 0.25) is 0 Å². The molecule has 1 aliphatic rings. The van der Waals surface area contributed by atoms with Crippen LogP contribution in [-0.2, 0) is 11.2 Å². The van der Waals surface area contributed by atoms with Gasteiger partial charge in [0.05, 0.1) is 6.61 Å². The molecule has 5 nitrogen and oxygen atoms in total. The van der Waals surface area contributed by atoms with E-state index in [1.165, 1.54) is 0 Å². The van der Waals surface area contributed by atoms with Crippen LogP contribution >= 0.6 is 0 Å². The van der Waals surface area contributed by atoms with E-state index in [2.05, 4.69) is 30.9 Å². The zero-order chi connectivity index (χ0) is 14.0. The molecular weight excluding hydrogens is 242 g/mol. The summed E-state index contributed by atoms with van der Waals surface area (Å²) in [5.74, 6) is 2.23. The van der Waals surface area contributed by atoms with Gasteiger partial charge in [-0.15, -0.1) is 0 Å². The molecule has 1 saturated carbocycles. The van der Waals surface area contributed by atoms with Gasteiger partial charge in [-0.3, -0.25) is 0 Å². The van der Waals surface area contributed by atoms with E-state index in [4.69, 9.17) is 15.0 Å². The molecule has 19 heavy (non-hydrogen) atoms. The van der Waals surface area contributed by atoms with Gasteiger partial charge in [0.25, 0.3) is 0 Å². The van der Waals surface area contributed by atoms with E-state index >= 15 is 0 Å². The lowest BCUT2D eigenvalue weighted by Crippen LogP contribution is -2.45. The smallest absolute Gasteiger partial charge is 0.230 e. The predicted molar refractivity (Wildman–Crippen MR) is 72.8 cm³/mol. The van der Waals surface area contributed by atoms with Crippen molar-refractivity contribution < 1.29 is 9.26 Å². The Kier molecular flexibility index (Phi) is 4.26. The van der Waals surface area contributed by atoms with Crippen molar-refractivity contribution in [1.29, 1.82) is 0 Å². The largest absolute Gasteiger partial charge is 0.384 e. The molecule has 1 aromatic heterocycles. The third-order valence-corrected chi connectivity index (χ3v) is 4.81. The summed E-state index contributed by atoms with van der Waals surface area (Å²) in [6, 6.07) is 0.266. The molecule has 0 aromatic carbocycles. The Hall–Kier alpha value is -0.940. The summed E-state index contributed by atoms with van der Waals surface area (Å²) >= 11 is 0. The van der Waals surface area contributed by atoms with E-state index in [9.17, 15) is 0 Å². The molecule has 1 fully saturated rings. The van der Waals surface area contributed by atoms with Gasteiger partial charge in [-0.2, -0.15) is 4.98 Å². The van der Waals surface area contributed by atoms with Gasteiger partial charge in [0.2, 0.25) is 5.89 Å². The van der Waals surface area contributed by atoms with Crippen LogP contribution in [0.15, 0.2) is 4.52 Å². The average molecular weight is 267 g/mol. The second kappa shape index (κ2) is 5.59. The number of nitrogens with two attached hydrogens (primary N) is 1. The van der Waals surface area contributed by atoms with Crippen molar-refractivity contribution in [3.05, 3.63) is 11.7 Å². The first-order valence-electron chi connectivity index (χ1n) is 7.03. The predicted octanol–water partition coefficient (Wildman–Crippen LogP) is 2.13. The standard InChI is InChI=1S/C14H25N3O2/c1-9-11(15)6-5-10(14(9,2)3)13-16-12(17-19-13)7-8-18-4/h9-11H,5-8,15H2,1-4H3. The van der Waals surface area contributed by atoms with Gasteiger partial charge >= 0.3 is 0 Å². The molecule has 108 valence electrons. The normalized spacial score (nSPS) is 30.5. The summed E-state index contributed by atoms with van der Waals surface area (Å²) in [6.07, 6.45) is 2.73. The van der Waals surface area contributed by atoms with E-state index in [0.29, 0.717) is 24.9 Å². The second-order valence-electron chi connectivity index (χ2n) is 6.20. The summed E-state index contributed by atoms with van der Waals surface area (Å²) in [4.78, 5) is 4.53. The fourth-order valence-electron chi connectivity index (χ4n) is 3.00. The number of nitrogens with zero attached hydrogens (tertiary/aromatic N) is 2. The van der Waals surface area contributed by atoms with Gasteiger partial charge < -0.3 is 15.0 Å². The van der Waals surface area contributed by atoms with Gasteiger partial charge in [-0.25, -0.2) is 0 Å². The van der Waals surface area contributed by atoms with Gasteiger partial charge in [0.1, 0.15) is 0 Å². The number of rotatable bonds is 4. The Morgan fingerprint density at radius 2 is 2.16 bits per heavy atom. The van der Waals surface area contributed by atoms with Crippen LogP contribution in [0.4, 0.5) is 0 Å². The quantitative estimate of drug-likeness (QED) is 0.904. The zero-order valence-electron chi connectivity index (χ0n) is 12.3. The number of hydrogen-bond donors (Lipinski definition) is 1. The van der Waals surface area contributed by atoms with Crippen molar-refractivity contribution in [3.63, 3.8) is 0 Å². The maximum absolute atomic E-state index is 6.18. The van der Waals surface area contributed by atoms with E-state index in [1.807, 2.05) is 0 Å². The molecule has 1 aliphatic carbocycles. The van der Waals surface area contributed by atoms with Gasteiger partial charge in [-0.1, -0.05) is 25.9 Å². The number of hydrogen-bond acceptors (Lipinski definition) is 5. The lowest BCUT2D eigenvalue weighted by molar-refractivity contribution is 0.0806. The zero-order valence-corrected chi connectivity index (χ0v) is 12.3. The van der Waals surface area contributed by atoms with Crippen molar-refractivity contribution >= 4 is 0 Å². The molecule has 2 N–H and O–H groups in total. The SMILES string of the molecule is COCCc1noc(C2CCC(N)C(C)C2(C)C)n1. The molecule has 5 heteroatoms. The first-order chi connectivity index (χ1) is 8.96. The van der Waals surface area contributed by atoms with Crippen molar-refractivity contribution in [3.8, 4) is 0 Å². The van der Waals surface area contributed by atoms with Crippen LogP contribution in [0.5, 0.6) is 0 Å². The minimum atomic E-state index is 0.0860. The van der Waals surface area contributed by atoms with Crippen LogP contribution in [-0.4, -0.2) is 29.9 Å². The highest BCUT2D eigenvalue weighted by atomic mass is 16.5. The molecular formula is C14H25N3O2. The minimum Gasteiger partial charge on any atom is -0.384 e. The molecule has 0 radical (unpaired) electrons. The molecule has 1 heterocycles. The van der Waals surface area contributed by atoms with Gasteiger partial charge in [0, 0.05) is 25.5 Å². The van der Waals surface area contributed by atoms with E-state index < -0.39 is 0 Å². The lowest BCUT2D eigenvalue weighted by Gasteiger charge is -2.45. The summed E-state index contributed by atoms with van der Waals surface area (Å²) in [5, 5.41) is 4.04. The highest BCUT2D eigenvalue weighted by Gasteiger charge is 2.44. The van der Waals surface area contributed by atoms with Crippen molar-refractivity contribution in [2.45, 2.75) is 52.0 Å². The van der Waals surface area contributed by atoms with E-state index in [0.717, 1.165) is 24.6 Å². The monoisotopic (exact) mass is 267 g/mol. The highest BCUT2D eigenvalue weighted by Crippen LogP contribution is 2.49. The lowest BCUT2D eigenvalue weighted by atomic mass is 9.61. The molecule has 3 atom stereocenters. The van der Waals surface area contributed by atoms with Crippen molar-refractivity contribution in [1.82, 2.24) is 10.1 Å². The molecule has 0 aliphatic heterocycles. The molecule has 3 unspecified atom stereocenters. The van der Waals surface area contributed by atoms with Crippen LogP contribution in [0.25, 0.3) is 0 Å². The van der Waals surface area contributed by atoms with Gasteiger partial charge in [-0.05, 0) is 24.2 Å². The molecule has 0 spiro atoms. The Morgan fingerprint density at radius 1 is 1.42 bits per heavy atom. The maximum atomic E-state index is 6.18. The number of methoxy groups -OCH3 is 1. The highest BCUT2D eigenvalue weighted by molar-refractivity contribution is 5.06. The van der Waals surface area contributed by atoms with Crippen molar-refractivity contribution in [2.24, 2.45) is 17.1 Å². The first-order valence-corrected chi connectivity index (χ1v) is 7.03. The summed E-state index contributed by atoms with van der Waals surface area (Å²) in [5.41, 5.74) is 6.27. The van der Waals surface area contributed by atoms with Crippen LogP contribution in [0.1, 0.15) is 51.2 Å². The molecule has 0 saturated heterocycles. The Morgan fingerprint density at radius 3 is 2.84 bits per heavy atom. The Bertz CT molecular complexity index is 417. The summed E-state index contributed by atoms with van der Waals surface area (Å²) in [7, 11) is 1.67. The topological polar surface area (TPSA) is 74.2 Å². The average Bonchev–Trinajstić information content (AvgIpc) is 2.82. The van der Waals surface area contributed by atoms with E-state index in [-0.39, 0.29) is 11.5 Å². The Balaban J connectivity index is 2.14. The third kappa shape index (κ3) is 2.82. The summed E-state index contributed by atoms with van der Waals surface area (Å²) in [6.45, 7) is 7.34. The van der Waals surface area contributed by atoms with Gasteiger partial charge in [0.15, 0.2) is 5.82 Å². The first kappa shape index (κ1) is 14.5. The molecule has 0 amide bonds.